The summed E-state index contributed by atoms with van der Waals surface area (Å²) in [5, 5.41) is 11.2. The minimum absolute atomic E-state index is 0.118. The van der Waals surface area contributed by atoms with Gasteiger partial charge in [0.15, 0.2) is 29.2 Å². The lowest BCUT2D eigenvalue weighted by Gasteiger charge is -2.33. The second kappa shape index (κ2) is 11.1. The zero-order chi connectivity index (χ0) is 31.9. The lowest BCUT2D eigenvalue weighted by Crippen LogP contribution is -2.43. The molecule has 23 heteroatoms. The van der Waals surface area contributed by atoms with Crippen molar-refractivity contribution in [2.75, 3.05) is 24.7 Å². The predicted octanol–water partition coefficient (Wildman–Crippen LogP) is 1.08. The highest BCUT2D eigenvalue weighted by molar-refractivity contribution is 8.44. The van der Waals surface area contributed by atoms with Gasteiger partial charge in [-0.15, -0.1) is 0 Å². The molecule has 0 amide bonds. The molecule has 3 aliphatic rings. The third kappa shape index (κ3) is 5.43. The van der Waals surface area contributed by atoms with E-state index in [1.165, 1.54) is 29.9 Å². The summed E-state index contributed by atoms with van der Waals surface area (Å²) in [5.74, 6) is -0.237. The van der Waals surface area contributed by atoms with Gasteiger partial charge in [-0.3, -0.25) is 22.7 Å². The maximum absolute atomic E-state index is 13.7. The number of hydrogen-bond acceptors (Lipinski definition) is 17. The van der Waals surface area contributed by atoms with E-state index in [1.807, 2.05) is 0 Å². The van der Waals surface area contributed by atoms with E-state index < -0.39 is 68.5 Å². The molecule has 242 valence electrons. The van der Waals surface area contributed by atoms with Crippen LogP contribution in [0.4, 0.5) is 11.6 Å². The molecule has 3 aliphatic heterocycles. The predicted molar refractivity (Wildman–Crippen MR) is 162 cm³/mol. The van der Waals surface area contributed by atoms with Crippen LogP contribution >= 0.6 is 25.8 Å². The fraction of sp³-hybridized carbons (Fsp3) is 0.545. The molecule has 4 aromatic rings. The van der Waals surface area contributed by atoms with Crippen molar-refractivity contribution in [2.24, 2.45) is 5.92 Å². The SMILES string of the molecule is C[C@H]1[C@H](n2cnc3c(N)ncnc32)O[C@]2(C)COP(O)(=S)O[C@@H]3[C@H](O)[C@@H](COP(=O)(S)O[C@@H]12)O[C@H]3n1cnc2c(N)ncnc21. The number of hydrogen-bond donors (Lipinski definition) is 5. The van der Waals surface area contributed by atoms with Crippen molar-refractivity contribution in [3.63, 3.8) is 0 Å². The van der Waals surface area contributed by atoms with Crippen LogP contribution < -0.4 is 11.5 Å². The fourth-order valence-corrected chi connectivity index (χ4v) is 8.91. The quantitative estimate of drug-likeness (QED) is 0.145. The second-order valence-corrected chi connectivity index (χ2v) is 16.7. The van der Waals surface area contributed by atoms with Gasteiger partial charge >= 0.3 is 13.5 Å². The molecule has 7 rings (SSSR count). The van der Waals surface area contributed by atoms with Gasteiger partial charge in [0.2, 0.25) is 0 Å². The number of imidazole rings is 2. The van der Waals surface area contributed by atoms with Crippen molar-refractivity contribution in [2.45, 2.75) is 56.3 Å². The summed E-state index contributed by atoms with van der Waals surface area (Å²) < 4.78 is 52.6. The Kier molecular flexibility index (Phi) is 7.70. The van der Waals surface area contributed by atoms with Crippen LogP contribution in [0.2, 0.25) is 0 Å². The van der Waals surface area contributed by atoms with Crippen molar-refractivity contribution in [3.05, 3.63) is 25.3 Å². The molecule has 10 atom stereocenters. The highest BCUT2D eigenvalue weighted by Gasteiger charge is 2.56. The van der Waals surface area contributed by atoms with Crippen molar-refractivity contribution in [1.82, 2.24) is 39.0 Å². The Bertz CT molecular complexity index is 1880. The van der Waals surface area contributed by atoms with Gasteiger partial charge in [-0.2, -0.15) is 0 Å². The summed E-state index contributed by atoms with van der Waals surface area (Å²) in [4.78, 5) is 36.2. The van der Waals surface area contributed by atoms with E-state index in [4.69, 9.17) is 50.8 Å². The van der Waals surface area contributed by atoms with Gasteiger partial charge in [0.25, 0.3) is 0 Å². The van der Waals surface area contributed by atoms with Crippen LogP contribution in [-0.4, -0.2) is 92.3 Å². The van der Waals surface area contributed by atoms with E-state index in [-0.39, 0.29) is 29.4 Å². The average Bonchev–Trinajstić information content (AvgIpc) is 3.73. The van der Waals surface area contributed by atoms with Crippen LogP contribution in [-0.2, 0) is 43.9 Å². The van der Waals surface area contributed by atoms with Crippen LogP contribution in [0.15, 0.2) is 25.3 Å². The molecule has 7 heterocycles. The van der Waals surface area contributed by atoms with Gasteiger partial charge in [0, 0.05) is 5.92 Å². The molecule has 19 nitrogen and oxygen atoms in total. The molecule has 0 aliphatic carbocycles. The van der Waals surface area contributed by atoms with Crippen LogP contribution in [0.3, 0.4) is 0 Å². The van der Waals surface area contributed by atoms with Gasteiger partial charge in [-0.25, -0.2) is 34.5 Å². The molecule has 0 radical (unpaired) electrons. The number of thiol groups is 1. The molecule has 0 spiro atoms. The highest BCUT2D eigenvalue weighted by atomic mass is 32.7. The highest BCUT2D eigenvalue weighted by Crippen LogP contribution is 2.60. The number of nitrogens with zero attached hydrogens (tertiary/aromatic N) is 8. The molecular formula is C22H28N10O9P2S2. The van der Waals surface area contributed by atoms with E-state index in [0.717, 1.165) is 0 Å². The first-order valence-electron chi connectivity index (χ1n) is 13.5. The summed E-state index contributed by atoms with van der Waals surface area (Å²) in [6.07, 6.45) is -1.43. The molecule has 6 N–H and O–H groups in total. The Hall–Kier alpha value is -2.39. The summed E-state index contributed by atoms with van der Waals surface area (Å²) in [6, 6.07) is 0. The first kappa shape index (κ1) is 31.2. The van der Waals surface area contributed by atoms with Gasteiger partial charge in [0.1, 0.15) is 59.9 Å². The molecule has 0 saturated carbocycles. The number of anilines is 2. The smallest absolute Gasteiger partial charge is 0.386 e. The zero-order valence-electron chi connectivity index (χ0n) is 23.5. The van der Waals surface area contributed by atoms with Crippen LogP contribution in [0.25, 0.3) is 22.3 Å². The van der Waals surface area contributed by atoms with Crippen LogP contribution in [0.1, 0.15) is 26.3 Å². The van der Waals surface area contributed by atoms with E-state index in [1.54, 1.807) is 18.4 Å². The number of rotatable bonds is 2. The first-order valence-corrected chi connectivity index (χ1v) is 18.7. The summed E-state index contributed by atoms with van der Waals surface area (Å²) in [5.41, 5.74) is 11.8. The number of aliphatic hydroxyl groups excluding tert-OH is 1. The number of nitrogens with two attached hydrogens (primary N) is 2. The Morgan fingerprint density at radius 3 is 2.22 bits per heavy atom. The van der Waals surface area contributed by atoms with Gasteiger partial charge in [-0.05, 0) is 18.7 Å². The maximum atomic E-state index is 13.7. The molecule has 2 unspecified atom stereocenters. The largest absolute Gasteiger partial charge is 0.387 e. The Morgan fingerprint density at radius 1 is 1.00 bits per heavy atom. The number of nitrogen functional groups attached to an aromatic ring is 2. The van der Waals surface area contributed by atoms with Gasteiger partial charge in [0.05, 0.1) is 25.9 Å². The van der Waals surface area contributed by atoms with E-state index in [2.05, 4.69) is 42.2 Å². The van der Waals surface area contributed by atoms with Crippen molar-refractivity contribution in [1.29, 1.82) is 0 Å². The standard InChI is InChI=1S/C22H28N10O9P2S2/c1-9-15-22(2,39-20(9)31-7-29-11-16(23)25-5-27-18(11)31)4-37-43(35,45)40-14-13(33)10(3-36-42(34,44)41-15)38-21(14)32-8-30-12-17(24)26-6-28-19(12)32/h5-10,13-15,20-21,33H,3-4H2,1-2H3,(H,34,44)(H,35,45)(H2,23,25,27)(H2,24,26,28)/t9-,10-,13-,14-,15+,20-,21-,22-,42?,43?/m1/s1. The summed E-state index contributed by atoms with van der Waals surface area (Å²) in [6.45, 7) is -5.70. The maximum Gasteiger partial charge on any atom is 0.386 e. The third-order valence-electron chi connectivity index (χ3n) is 7.97. The minimum atomic E-state index is -4.16. The Labute approximate surface area is 264 Å². The van der Waals surface area contributed by atoms with Gasteiger partial charge < -0.3 is 35.5 Å². The lowest BCUT2D eigenvalue weighted by molar-refractivity contribution is -0.111. The Balaban J connectivity index is 1.23. The molecule has 4 aromatic heterocycles. The summed E-state index contributed by atoms with van der Waals surface area (Å²) in [7, 11) is 0. The topological polar surface area (TPSA) is 252 Å². The third-order valence-corrected chi connectivity index (χ3v) is 11.1. The minimum Gasteiger partial charge on any atom is -0.387 e. The lowest BCUT2D eigenvalue weighted by atomic mass is 9.93. The van der Waals surface area contributed by atoms with Gasteiger partial charge in [-0.1, -0.05) is 19.2 Å². The number of aromatic nitrogens is 8. The zero-order valence-corrected chi connectivity index (χ0v) is 27.0. The van der Waals surface area contributed by atoms with Crippen molar-refractivity contribution >= 4 is 71.5 Å². The van der Waals surface area contributed by atoms with Crippen LogP contribution in [0.5, 0.6) is 0 Å². The monoisotopic (exact) mass is 702 g/mol. The molecule has 2 bridgehead atoms. The van der Waals surface area contributed by atoms with E-state index in [0.29, 0.717) is 11.2 Å². The number of fused-ring (bicyclic) bond motifs is 5. The van der Waals surface area contributed by atoms with Crippen molar-refractivity contribution < 1.29 is 42.1 Å². The normalized spacial score (nSPS) is 39.4. The second-order valence-electron chi connectivity index (χ2n) is 11.0. The van der Waals surface area contributed by atoms with Crippen molar-refractivity contribution in [3.8, 4) is 0 Å². The Morgan fingerprint density at radius 2 is 1.60 bits per heavy atom. The molecule has 3 saturated heterocycles. The average molecular weight is 703 g/mol. The van der Waals surface area contributed by atoms with Crippen LogP contribution in [0, 0.1) is 5.92 Å². The molecule has 0 aromatic carbocycles. The fourth-order valence-electron chi connectivity index (χ4n) is 5.83. The molecular weight excluding hydrogens is 674 g/mol. The first-order chi connectivity index (χ1) is 21.3. The van der Waals surface area contributed by atoms with E-state index >= 15 is 0 Å². The number of aliphatic hydroxyl groups is 1. The molecule has 3 fully saturated rings. The van der Waals surface area contributed by atoms with E-state index in [9.17, 15) is 14.6 Å². The summed E-state index contributed by atoms with van der Waals surface area (Å²) >= 11 is 9.61. The molecule has 45 heavy (non-hydrogen) atoms. The number of ether oxygens (including phenoxy) is 2.